The summed E-state index contributed by atoms with van der Waals surface area (Å²) in [7, 11) is 6.32. The van der Waals surface area contributed by atoms with Crippen LogP contribution in [0.3, 0.4) is 0 Å². The Balaban J connectivity index is 1.55. The first-order valence-electron chi connectivity index (χ1n) is 12.0. The van der Waals surface area contributed by atoms with Crippen molar-refractivity contribution in [3.63, 3.8) is 0 Å². The Bertz CT molecular complexity index is 1690. The van der Waals surface area contributed by atoms with Gasteiger partial charge in [-0.25, -0.2) is 9.97 Å². The van der Waals surface area contributed by atoms with Gasteiger partial charge in [0.25, 0.3) is 5.56 Å². The maximum atomic E-state index is 13.7. The van der Waals surface area contributed by atoms with E-state index in [1.165, 1.54) is 11.8 Å². The fourth-order valence-electron chi connectivity index (χ4n) is 4.14. The zero-order valence-electron chi connectivity index (χ0n) is 22.2. The normalized spacial score (nSPS) is 11.0. The summed E-state index contributed by atoms with van der Waals surface area (Å²) in [6, 6.07) is 18.0. The second-order valence-electron chi connectivity index (χ2n) is 8.50. The Morgan fingerprint density at radius 2 is 1.56 bits per heavy atom. The van der Waals surface area contributed by atoms with Crippen LogP contribution in [-0.2, 0) is 5.75 Å². The number of aromatic nitrogens is 3. The molecule has 3 aromatic carbocycles. The van der Waals surface area contributed by atoms with Gasteiger partial charge in [0.1, 0.15) is 28.8 Å². The highest BCUT2D eigenvalue weighted by Crippen LogP contribution is 2.35. The topological polar surface area (TPSA) is 97.8 Å². The van der Waals surface area contributed by atoms with E-state index < -0.39 is 0 Å². The molecule has 2 heterocycles. The van der Waals surface area contributed by atoms with Crippen LogP contribution in [0.25, 0.3) is 28.0 Å². The summed E-state index contributed by atoms with van der Waals surface area (Å²) in [6.45, 7) is 1.86. The summed E-state index contributed by atoms with van der Waals surface area (Å²) in [4.78, 5) is 23.3. The lowest BCUT2D eigenvalue weighted by atomic mass is 10.2. The van der Waals surface area contributed by atoms with Crippen LogP contribution in [0.15, 0.2) is 75.0 Å². The number of ether oxygens (including phenoxy) is 4. The minimum atomic E-state index is -0.195. The molecule has 0 atom stereocenters. The molecule has 0 aliphatic heterocycles. The highest BCUT2D eigenvalue weighted by molar-refractivity contribution is 7.98. The van der Waals surface area contributed by atoms with Crippen molar-refractivity contribution >= 4 is 22.7 Å². The summed E-state index contributed by atoms with van der Waals surface area (Å²) in [6.07, 6.45) is 0. The lowest BCUT2D eigenvalue weighted by Gasteiger charge is -2.15. The molecule has 5 rings (SSSR count). The molecule has 0 saturated heterocycles. The SMILES string of the molecule is COc1cc(OC)cc(-n2c(SCc3nc(-c4ccc(OC)cc4OC)oc3C)nc3ccccc3c2=O)c1. The van der Waals surface area contributed by atoms with Crippen LogP contribution >= 0.6 is 11.8 Å². The van der Waals surface area contributed by atoms with Crippen LogP contribution in [0.1, 0.15) is 11.5 Å². The number of hydrogen-bond acceptors (Lipinski definition) is 9. The Labute approximate surface area is 229 Å². The number of oxazole rings is 1. The molecule has 9 nitrogen and oxygen atoms in total. The first kappa shape index (κ1) is 26.2. The first-order chi connectivity index (χ1) is 18.9. The van der Waals surface area contributed by atoms with Gasteiger partial charge in [-0.05, 0) is 31.2 Å². The van der Waals surface area contributed by atoms with E-state index in [1.807, 2.05) is 37.3 Å². The zero-order chi connectivity index (χ0) is 27.5. The van der Waals surface area contributed by atoms with Crippen molar-refractivity contribution in [2.24, 2.45) is 0 Å². The fourth-order valence-corrected chi connectivity index (χ4v) is 5.16. The molecule has 0 amide bonds. The van der Waals surface area contributed by atoms with Gasteiger partial charge in [0.05, 0.1) is 56.3 Å². The third-order valence-electron chi connectivity index (χ3n) is 6.21. The van der Waals surface area contributed by atoms with Gasteiger partial charge in [0, 0.05) is 30.0 Å². The maximum absolute atomic E-state index is 13.7. The number of para-hydroxylation sites is 1. The van der Waals surface area contributed by atoms with Crippen LogP contribution in [0.5, 0.6) is 23.0 Å². The van der Waals surface area contributed by atoms with E-state index in [-0.39, 0.29) is 5.56 Å². The van der Waals surface area contributed by atoms with Gasteiger partial charge < -0.3 is 23.4 Å². The Morgan fingerprint density at radius 3 is 2.26 bits per heavy atom. The second kappa shape index (κ2) is 11.1. The number of fused-ring (bicyclic) bond motifs is 1. The van der Waals surface area contributed by atoms with Crippen LogP contribution in [-0.4, -0.2) is 43.0 Å². The van der Waals surface area contributed by atoms with Gasteiger partial charge in [-0.2, -0.15) is 0 Å². The molecule has 2 aromatic heterocycles. The van der Waals surface area contributed by atoms with Gasteiger partial charge in [0.2, 0.25) is 5.89 Å². The number of rotatable bonds is 9. The summed E-state index contributed by atoms with van der Waals surface area (Å²) in [5.41, 5.74) is 2.43. The minimum Gasteiger partial charge on any atom is -0.497 e. The highest BCUT2D eigenvalue weighted by Gasteiger charge is 2.19. The Morgan fingerprint density at radius 1 is 0.846 bits per heavy atom. The third-order valence-corrected chi connectivity index (χ3v) is 7.16. The van der Waals surface area contributed by atoms with Gasteiger partial charge in [-0.3, -0.25) is 9.36 Å². The number of thioether (sulfide) groups is 1. The van der Waals surface area contributed by atoms with Crippen molar-refractivity contribution in [3.8, 4) is 40.1 Å². The molecule has 0 aliphatic carbocycles. The molecule has 39 heavy (non-hydrogen) atoms. The van der Waals surface area contributed by atoms with E-state index in [0.29, 0.717) is 67.7 Å². The van der Waals surface area contributed by atoms with E-state index in [1.54, 1.807) is 63.3 Å². The van der Waals surface area contributed by atoms with E-state index in [9.17, 15) is 4.79 Å². The summed E-state index contributed by atoms with van der Waals surface area (Å²) >= 11 is 1.39. The molecule has 5 aromatic rings. The monoisotopic (exact) mass is 545 g/mol. The number of methoxy groups -OCH3 is 4. The molecule has 200 valence electrons. The molecular formula is C29H27N3O6S. The minimum absolute atomic E-state index is 0.195. The van der Waals surface area contributed by atoms with Gasteiger partial charge >= 0.3 is 0 Å². The quantitative estimate of drug-likeness (QED) is 0.171. The standard InChI is InChI=1S/C29H27N3O6S/c1-17-25(30-27(38-17)23-11-10-19(34-2)15-26(23)37-5)16-39-29-31-24-9-7-6-8-22(24)28(33)32(29)18-12-20(35-3)14-21(13-18)36-4/h6-15H,16H2,1-5H3. The number of nitrogens with zero attached hydrogens (tertiary/aromatic N) is 3. The van der Waals surface area contributed by atoms with Crippen LogP contribution in [0.2, 0.25) is 0 Å². The largest absolute Gasteiger partial charge is 0.497 e. The molecule has 0 N–H and O–H groups in total. The van der Waals surface area contributed by atoms with Gasteiger partial charge in [-0.15, -0.1) is 0 Å². The number of benzene rings is 3. The average Bonchev–Trinajstić information content (AvgIpc) is 3.35. The van der Waals surface area contributed by atoms with E-state index in [2.05, 4.69) is 0 Å². The predicted molar refractivity (Wildman–Crippen MR) is 150 cm³/mol. The smallest absolute Gasteiger partial charge is 0.266 e. The zero-order valence-corrected chi connectivity index (χ0v) is 23.0. The summed E-state index contributed by atoms with van der Waals surface area (Å²) in [5, 5.41) is 1.01. The molecule has 0 fully saturated rings. The van der Waals surface area contributed by atoms with Crippen molar-refractivity contribution < 1.29 is 23.4 Å². The molecule has 10 heteroatoms. The van der Waals surface area contributed by atoms with Crippen molar-refractivity contribution in [1.82, 2.24) is 14.5 Å². The Hall–Kier alpha value is -4.44. The van der Waals surface area contributed by atoms with E-state index in [4.69, 9.17) is 33.3 Å². The molecule has 0 spiro atoms. The highest BCUT2D eigenvalue weighted by atomic mass is 32.2. The molecular weight excluding hydrogens is 518 g/mol. The first-order valence-corrected chi connectivity index (χ1v) is 13.0. The molecule has 0 aliphatic rings. The number of aryl methyl sites for hydroxylation is 1. The maximum Gasteiger partial charge on any atom is 0.266 e. The van der Waals surface area contributed by atoms with Crippen LogP contribution in [0, 0.1) is 6.92 Å². The average molecular weight is 546 g/mol. The van der Waals surface area contributed by atoms with Gasteiger partial charge in [0.15, 0.2) is 5.16 Å². The molecule has 0 unspecified atom stereocenters. The van der Waals surface area contributed by atoms with Crippen LogP contribution in [0.4, 0.5) is 0 Å². The van der Waals surface area contributed by atoms with E-state index in [0.717, 1.165) is 5.69 Å². The van der Waals surface area contributed by atoms with Crippen molar-refractivity contribution in [1.29, 1.82) is 0 Å². The molecule has 0 saturated carbocycles. The molecule has 0 bridgehead atoms. The fraction of sp³-hybridized carbons (Fsp3) is 0.207. The van der Waals surface area contributed by atoms with Crippen molar-refractivity contribution in [2.75, 3.05) is 28.4 Å². The third kappa shape index (κ3) is 5.15. The molecule has 0 radical (unpaired) electrons. The number of hydrogen-bond donors (Lipinski definition) is 0. The lowest BCUT2D eigenvalue weighted by molar-refractivity contribution is 0.393. The van der Waals surface area contributed by atoms with Gasteiger partial charge in [-0.1, -0.05) is 23.9 Å². The summed E-state index contributed by atoms with van der Waals surface area (Å²) < 4.78 is 29.3. The van der Waals surface area contributed by atoms with Crippen LogP contribution < -0.4 is 24.5 Å². The second-order valence-corrected chi connectivity index (χ2v) is 9.44. The Kier molecular flexibility index (Phi) is 7.47. The summed E-state index contributed by atoms with van der Waals surface area (Å²) in [5.74, 6) is 3.89. The van der Waals surface area contributed by atoms with E-state index >= 15 is 0 Å². The lowest BCUT2D eigenvalue weighted by Crippen LogP contribution is -2.22. The van der Waals surface area contributed by atoms with Crippen molar-refractivity contribution in [2.45, 2.75) is 17.8 Å². The van der Waals surface area contributed by atoms with Crippen molar-refractivity contribution in [3.05, 3.63) is 82.5 Å². The predicted octanol–water partition coefficient (Wildman–Crippen LogP) is 5.68.